The van der Waals surface area contributed by atoms with E-state index in [0.717, 1.165) is 3.97 Å². The fourth-order valence-electron chi connectivity index (χ4n) is 3.20. The molecule has 3 aromatic heterocycles. The fraction of sp³-hybridized carbons (Fsp3) is 0.250. The predicted octanol–water partition coefficient (Wildman–Crippen LogP) is 3.59. The van der Waals surface area contributed by atoms with E-state index in [4.69, 9.17) is 26.8 Å². The average Bonchev–Trinajstić information content (AvgIpc) is 3.30. The molecule has 0 aliphatic heterocycles. The molecule has 0 amide bonds. The normalized spacial score (nSPS) is 13.0. The second kappa shape index (κ2) is 8.66. The van der Waals surface area contributed by atoms with Crippen LogP contribution in [-0.2, 0) is 30.9 Å². The van der Waals surface area contributed by atoms with E-state index in [1.165, 1.54) is 36.5 Å². The number of hydrogen-bond donors (Lipinski definition) is 1. The van der Waals surface area contributed by atoms with Crippen LogP contribution < -0.4 is 5.73 Å². The molecule has 9 nitrogen and oxygen atoms in total. The van der Waals surface area contributed by atoms with E-state index in [1.54, 1.807) is 25.1 Å². The summed E-state index contributed by atoms with van der Waals surface area (Å²) in [5.41, 5.74) is 7.37. The molecule has 0 radical (unpaired) electrons. The number of pyridine rings is 1. The Bertz CT molecular complexity index is 1430. The molecule has 0 fully saturated rings. The molecule has 0 saturated heterocycles. The lowest BCUT2D eigenvalue weighted by Gasteiger charge is -2.15. The number of halogens is 1. The van der Waals surface area contributed by atoms with Crippen LogP contribution in [0.5, 0.6) is 0 Å². The summed E-state index contributed by atoms with van der Waals surface area (Å²) in [6, 6.07) is 9.25. The number of nitrogens with two attached hydrogens (primary N) is 1. The van der Waals surface area contributed by atoms with Gasteiger partial charge in [-0.1, -0.05) is 22.9 Å². The highest BCUT2D eigenvalue weighted by Gasteiger charge is 2.26. The number of esters is 1. The van der Waals surface area contributed by atoms with Crippen molar-refractivity contribution in [2.24, 2.45) is 0 Å². The van der Waals surface area contributed by atoms with Crippen molar-refractivity contribution in [3.63, 3.8) is 0 Å². The number of benzene rings is 1. The van der Waals surface area contributed by atoms with Gasteiger partial charge in [-0.05, 0) is 50.2 Å². The van der Waals surface area contributed by atoms with Crippen molar-refractivity contribution < 1.29 is 22.7 Å². The monoisotopic (exact) mass is 494 g/mol. The zero-order valence-corrected chi connectivity index (χ0v) is 19.5. The number of rotatable bonds is 7. The van der Waals surface area contributed by atoms with Gasteiger partial charge in [-0.3, -0.25) is 0 Å². The summed E-state index contributed by atoms with van der Waals surface area (Å²) in [7, 11) is -4.05. The lowest BCUT2D eigenvalue weighted by atomic mass is 10.3. The summed E-state index contributed by atoms with van der Waals surface area (Å²) in [4.78, 5) is 20.3. The molecule has 12 heteroatoms. The van der Waals surface area contributed by atoms with Crippen LogP contribution >= 0.6 is 22.9 Å². The van der Waals surface area contributed by atoms with Crippen LogP contribution in [0.4, 0.5) is 5.13 Å². The largest absolute Gasteiger partial charge is 0.464 e. The smallest absolute Gasteiger partial charge is 0.334 e. The quantitative estimate of drug-likeness (QED) is 0.305. The van der Waals surface area contributed by atoms with Crippen LogP contribution in [0.3, 0.4) is 0 Å². The van der Waals surface area contributed by atoms with Gasteiger partial charge in [-0.2, -0.15) is 0 Å². The Morgan fingerprint density at radius 1 is 1.22 bits per heavy atom. The minimum atomic E-state index is -4.05. The van der Waals surface area contributed by atoms with Crippen molar-refractivity contribution in [1.82, 2.24) is 13.9 Å². The van der Waals surface area contributed by atoms with E-state index in [0.29, 0.717) is 26.4 Å². The number of thiazole rings is 1. The zero-order chi connectivity index (χ0) is 23.0. The lowest BCUT2D eigenvalue weighted by molar-refractivity contribution is -0.156. The second-order valence-electron chi connectivity index (χ2n) is 6.83. The Morgan fingerprint density at radius 2 is 2.00 bits per heavy atom. The molecular weight excluding hydrogens is 476 g/mol. The van der Waals surface area contributed by atoms with Gasteiger partial charge in [-0.15, -0.1) is 0 Å². The lowest BCUT2D eigenvalue weighted by Crippen LogP contribution is -2.24. The standard InChI is InChI=1S/C20H19ClN4O5S2/c1-3-29-19(26)11(2)30-10-12-8-15-16(6-7-18(21)23-15)25(12)32(27,28)13-4-5-14-17(9-13)31-20(22)24-14/h4-9,11H,3,10H2,1-2H3,(H2,22,24). The minimum absolute atomic E-state index is 0.0563. The first-order valence-electron chi connectivity index (χ1n) is 9.57. The molecular formula is C20H19ClN4O5S2. The van der Waals surface area contributed by atoms with E-state index in [-0.39, 0.29) is 29.0 Å². The van der Waals surface area contributed by atoms with Crippen LogP contribution in [0.1, 0.15) is 19.5 Å². The number of nitrogen functional groups attached to an aromatic ring is 1. The van der Waals surface area contributed by atoms with Crippen LogP contribution in [-0.4, -0.2) is 41.0 Å². The Balaban J connectivity index is 1.80. The maximum absolute atomic E-state index is 13.7. The van der Waals surface area contributed by atoms with Gasteiger partial charge < -0.3 is 15.2 Å². The Morgan fingerprint density at radius 3 is 2.75 bits per heavy atom. The summed E-state index contributed by atoms with van der Waals surface area (Å²) < 4.78 is 39.6. The second-order valence-corrected chi connectivity index (χ2v) is 10.1. The Hall–Kier alpha value is -2.73. The first kappa shape index (κ1) is 22.5. The van der Waals surface area contributed by atoms with Gasteiger partial charge in [0.2, 0.25) is 0 Å². The van der Waals surface area contributed by atoms with Crippen molar-refractivity contribution in [2.45, 2.75) is 31.5 Å². The van der Waals surface area contributed by atoms with Crippen LogP contribution in [0, 0.1) is 0 Å². The van der Waals surface area contributed by atoms with Gasteiger partial charge in [0.25, 0.3) is 10.0 Å². The third-order valence-electron chi connectivity index (χ3n) is 4.67. The summed E-state index contributed by atoms with van der Waals surface area (Å²) in [5.74, 6) is -0.535. The first-order valence-corrected chi connectivity index (χ1v) is 12.2. The van der Waals surface area contributed by atoms with Crippen LogP contribution in [0.25, 0.3) is 21.3 Å². The van der Waals surface area contributed by atoms with E-state index >= 15 is 0 Å². The third-order valence-corrected chi connectivity index (χ3v) is 7.49. The fourth-order valence-corrected chi connectivity index (χ4v) is 5.75. The number of carbonyl (C=O) groups excluding carboxylic acids is 1. The highest BCUT2D eigenvalue weighted by molar-refractivity contribution is 7.90. The molecule has 0 aliphatic rings. The van der Waals surface area contributed by atoms with Crippen molar-refractivity contribution in [2.75, 3.05) is 12.3 Å². The van der Waals surface area contributed by atoms with E-state index in [1.807, 2.05) is 0 Å². The molecule has 1 unspecified atom stereocenters. The number of anilines is 1. The van der Waals surface area contributed by atoms with Gasteiger partial charge >= 0.3 is 5.97 Å². The molecule has 32 heavy (non-hydrogen) atoms. The summed E-state index contributed by atoms with van der Waals surface area (Å²) in [6.45, 7) is 3.28. The van der Waals surface area contributed by atoms with Gasteiger partial charge in [0.15, 0.2) is 11.2 Å². The van der Waals surface area contributed by atoms with Crippen LogP contribution in [0.15, 0.2) is 41.3 Å². The van der Waals surface area contributed by atoms with Crippen LogP contribution in [0.2, 0.25) is 5.15 Å². The number of nitrogens with zero attached hydrogens (tertiary/aromatic N) is 3. The first-order chi connectivity index (χ1) is 15.2. The van der Waals surface area contributed by atoms with E-state index in [2.05, 4.69) is 9.97 Å². The number of aromatic nitrogens is 3. The summed E-state index contributed by atoms with van der Waals surface area (Å²) >= 11 is 7.20. The number of fused-ring (bicyclic) bond motifs is 2. The highest BCUT2D eigenvalue weighted by atomic mass is 35.5. The van der Waals surface area contributed by atoms with Crippen molar-refractivity contribution in [3.8, 4) is 0 Å². The molecule has 4 aromatic rings. The van der Waals surface area contributed by atoms with Gasteiger partial charge in [0.05, 0.1) is 45.1 Å². The van der Waals surface area contributed by atoms with E-state index in [9.17, 15) is 13.2 Å². The molecule has 0 saturated carbocycles. The maximum Gasteiger partial charge on any atom is 0.334 e. The molecule has 0 bridgehead atoms. The molecule has 0 spiro atoms. The van der Waals surface area contributed by atoms with E-state index < -0.39 is 22.1 Å². The zero-order valence-electron chi connectivity index (χ0n) is 17.1. The van der Waals surface area contributed by atoms with Crippen molar-refractivity contribution >= 4 is 65.3 Å². The Labute approximate surface area is 192 Å². The summed E-state index contributed by atoms with van der Waals surface area (Å²) in [6.07, 6.45) is -0.878. The third kappa shape index (κ3) is 4.16. The summed E-state index contributed by atoms with van der Waals surface area (Å²) in [5, 5.41) is 0.572. The average molecular weight is 495 g/mol. The van der Waals surface area contributed by atoms with Gasteiger partial charge in [-0.25, -0.2) is 27.2 Å². The predicted molar refractivity (Wildman–Crippen MR) is 122 cm³/mol. The topological polar surface area (TPSA) is 126 Å². The number of ether oxygens (including phenoxy) is 2. The van der Waals surface area contributed by atoms with Crippen molar-refractivity contribution in [3.05, 3.63) is 47.2 Å². The number of carbonyl (C=O) groups is 1. The van der Waals surface area contributed by atoms with Gasteiger partial charge in [0.1, 0.15) is 5.15 Å². The van der Waals surface area contributed by atoms with Gasteiger partial charge in [0, 0.05) is 0 Å². The SMILES string of the molecule is CCOC(=O)C(C)OCc1cc2nc(Cl)ccc2n1S(=O)(=O)c1ccc2nc(N)sc2c1. The maximum atomic E-state index is 13.7. The molecule has 4 rings (SSSR count). The number of hydrogen-bond acceptors (Lipinski definition) is 9. The molecule has 3 heterocycles. The van der Waals surface area contributed by atoms with Crippen molar-refractivity contribution in [1.29, 1.82) is 0 Å². The molecule has 1 atom stereocenters. The molecule has 168 valence electrons. The highest BCUT2D eigenvalue weighted by Crippen LogP contribution is 2.30. The Kier molecular flexibility index (Phi) is 6.08. The minimum Gasteiger partial charge on any atom is -0.464 e. The molecule has 1 aromatic carbocycles. The molecule has 0 aliphatic carbocycles. The molecule has 2 N–H and O–H groups in total.